The van der Waals surface area contributed by atoms with Crippen molar-refractivity contribution in [3.8, 4) is 5.75 Å². The topological polar surface area (TPSA) is 30.5 Å². The first kappa shape index (κ1) is 15.3. The van der Waals surface area contributed by atoms with Gasteiger partial charge in [-0.2, -0.15) is 0 Å². The second-order valence-corrected chi connectivity index (χ2v) is 5.72. The SMILES string of the molecule is CCCNC(c1ccc(OC)cc1C)C1CCC(C)O1. The monoisotopic (exact) mass is 277 g/mol. The Hall–Kier alpha value is -1.06. The van der Waals surface area contributed by atoms with Crippen molar-refractivity contribution in [3.63, 3.8) is 0 Å². The molecule has 0 spiro atoms. The van der Waals surface area contributed by atoms with Gasteiger partial charge in [-0.05, 0) is 62.9 Å². The number of rotatable bonds is 6. The van der Waals surface area contributed by atoms with E-state index < -0.39 is 0 Å². The molecule has 1 aliphatic heterocycles. The molecule has 1 N–H and O–H groups in total. The maximum Gasteiger partial charge on any atom is 0.119 e. The van der Waals surface area contributed by atoms with Crippen LogP contribution in [-0.4, -0.2) is 25.9 Å². The van der Waals surface area contributed by atoms with Gasteiger partial charge in [0.15, 0.2) is 0 Å². The minimum absolute atomic E-state index is 0.281. The Labute approximate surface area is 122 Å². The van der Waals surface area contributed by atoms with E-state index in [4.69, 9.17) is 9.47 Å². The fourth-order valence-electron chi connectivity index (χ4n) is 2.94. The molecule has 20 heavy (non-hydrogen) atoms. The van der Waals surface area contributed by atoms with Gasteiger partial charge in [-0.25, -0.2) is 0 Å². The molecule has 0 aliphatic carbocycles. The summed E-state index contributed by atoms with van der Waals surface area (Å²) in [5, 5.41) is 3.66. The molecule has 1 fully saturated rings. The van der Waals surface area contributed by atoms with Crippen molar-refractivity contribution < 1.29 is 9.47 Å². The van der Waals surface area contributed by atoms with Crippen LogP contribution >= 0.6 is 0 Å². The van der Waals surface area contributed by atoms with Crippen molar-refractivity contribution in [2.24, 2.45) is 0 Å². The van der Waals surface area contributed by atoms with Crippen LogP contribution in [0.5, 0.6) is 5.75 Å². The highest BCUT2D eigenvalue weighted by Gasteiger charge is 2.31. The highest BCUT2D eigenvalue weighted by atomic mass is 16.5. The van der Waals surface area contributed by atoms with E-state index in [-0.39, 0.29) is 12.1 Å². The van der Waals surface area contributed by atoms with Crippen molar-refractivity contribution in [3.05, 3.63) is 29.3 Å². The summed E-state index contributed by atoms with van der Waals surface area (Å²) in [6.07, 6.45) is 4.08. The quantitative estimate of drug-likeness (QED) is 0.861. The number of hydrogen-bond donors (Lipinski definition) is 1. The predicted octanol–water partition coefficient (Wildman–Crippen LogP) is 3.61. The molecule has 0 aromatic heterocycles. The standard InChI is InChI=1S/C17H27NO2/c1-5-10-18-17(16-9-6-13(3)20-16)15-8-7-14(19-4)11-12(15)2/h7-8,11,13,16-18H,5-6,9-10H2,1-4H3. The molecule has 0 bridgehead atoms. The zero-order chi connectivity index (χ0) is 14.5. The molecule has 1 aromatic rings. The van der Waals surface area contributed by atoms with Gasteiger partial charge in [0.05, 0.1) is 25.4 Å². The number of benzene rings is 1. The normalized spacial score (nSPS) is 23.8. The van der Waals surface area contributed by atoms with Crippen LogP contribution in [-0.2, 0) is 4.74 Å². The van der Waals surface area contributed by atoms with Crippen LogP contribution in [0.4, 0.5) is 0 Å². The lowest BCUT2D eigenvalue weighted by atomic mass is 9.95. The lowest BCUT2D eigenvalue weighted by molar-refractivity contribution is 0.0315. The van der Waals surface area contributed by atoms with Crippen molar-refractivity contribution in [2.75, 3.05) is 13.7 Å². The first-order chi connectivity index (χ1) is 9.65. The van der Waals surface area contributed by atoms with Gasteiger partial charge < -0.3 is 14.8 Å². The average Bonchev–Trinajstić information content (AvgIpc) is 2.87. The molecule has 3 heteroatoms. The summed E-state index contributed by atoms with van der Waals surface area (Å²) in [7, 11) is 1.71. The van der Waals surface area contributed by atoms with E-state index in [1.165, 1.54) is 11.1 Å². The number of nitrogens with one attached hydrogen (secondary N) is 1. The Morgan fingerprint density at radius 2 is 2.20 bits per heavy atom. The van der Waals surface area contributed by atoms with Crippen LogP contribution in [0.1, 0.15) is 50.3 Å². The van der Waals surface area contributed by atoms with E-state index in [2.05, 4.69) is 38.2 Å². The van der Waals surface area contributed by atoms with Gasteiger partial charge in [0, 0.05) is 0 Å². The molecular formula is C17H27NO2. The number of ether oxygens (including phenoxy) is 2. The molecule has 0 radical (unpaired) electrons. The molecule has 0 amide bonds. The van der Waals surface area contributed by atoms with Crippen LogP contribution in [0.2, 0.25) is 0 Å². The van der Waals surface area contributed by atoms with E-state index in [1.807, 2.05) is 6.07 Å². The Bertz CT molecular complexity index is 433. The highest BCUT2D eigenvalue weighted by molar-refractivity contribution is 5.37. The molecule has 112 valence electrons. The first-order valence-corrected chi connectivity index (χ1v) is 7.69. The van der Waals surface area contributed by atoms with Gasteiger partial charge in [0.1, 0.15) is 5.75 Å². The molecule has 1 aromatic carbocycles. The zero-order valence-electron chi connectivity index (χ0n) is 13.1. The van der Waals surface area contributed by atoms with Crippen LogP contribution in [0, 0.1) is 6.92 Å². The second-order valence-electron chi connectivity index (χ2n) is 5.72. The third-order valence-corrected chi connectivity index (χ3v) is 4.06. The summed E-state index contributed by atoms with van der Waals surface area (Å²) in [5.41, 5.74) is 2.60. The van der Waals surface area contributed by atoms with Crippen molar-refractivity contribution >= 4 is 0 Å². The van der Waals surface area contributed by atoms with Crippen LogP contribution in [0.25, 0.3) is 0 Å². The summed E-state index contributed by atoms with van der Waals surface area (Å²) in [6, 6.07) is 6.61. The van der Waals surface area contributed by atoms with E-state index in [1.54, 1.807) is 7.11 Å². The minimum atomic E-state index is 0.281. The van der Waals surface area contributed by atoms with Crippen molar-refractivity contribution in [2.45, 2.75) is 58.3 Å². The fraction of sp³-hybridized carbons (Fsp3) is 0.647. The van der Waals surface area contributed by atoms with Gasteiger partial charge in [-0.3, -0.25) is 0 Å². The minimum Gasteiger partial charge on any atom is -0.497 e. The molecule has 3 atom stereocenters. The first-order valence-electron chi connectivity index (χ1n) is 7.69. The van der Waals surface area contributed by atoms with Crippen LogP contribution < -0.4 is 10.1 Å². The molecule has 3 nitrogen and oxygen atoms in total. The van der Waals surface area contributed by atoms with E-state index in [9.17, 15) is 0 Å². The van der Waals surface area contributed by atoms with Gasteiger partial charge >= 0.3 is 0 Å². The number of aryl methyl sites for hydroxylation is 1. The van der Waals surface area contributed by atoms with E-state index in [0.717, 1.165) is 31.6 Å². The van der Waals surface area contributed by atoms with E-state index in [0.29, 0.717) is 6.10 Å². The number of hydrogen-bond acceptors (Lipinski definition) is 3. The largest absolute Gasteiger partial charge is 0.497 e. The molecule has 1 saturated heterocycles. The summed E-state index contributed by atoms with van der Waals surface area (Å²) in [4.78, 5) is 0. The summed E-state index contributed by atoms with van der Waals surface area (Å²) >= 11 is 0. The second kappa shape index (κ2) is 7.09. The lowest BCUT2D eigenvalue weighted by Crippen LogP contribution is -2.33. The Balaban J connectivity index is 2.21. The van der Waals surface area contributed by atoms with E-state index >= 15 is 0 Å². The highest BCUT2D eigenvalue weighted by Crippen LogP contribution is 2.32. The fourth-order valence-corrected chi connectivity index (χ4v) is 2.94. The number of methoxy groups -OCH3 is 1. The third-order valence-electron chi connectivity index (χ3n) is 4.06. The maximum absolute atomic E-state index is 6.09. The predicted molar refractivity (Wildman–Crippen MR) is 82.3 cm³/mol. The molecule has 2 rings (SSSR count). The molecule has 1 heterocycles. The molecular weight excluding hydrogens is 250 g/mol. The Morgan fingerprint density at radius 1 is 1.40 bits per heavy atom. The average molecular weight is 277 g/mol. The third kappa shape index (κ3) is 3.53. The molecule has 1 aliphatic rings. The van der Waals surface area contributed by atoms with Gasteiger partial charge in [0.25, 0.3) is 0 Å². The maximum atomic E-state index is 6.09. The van der Waals surface area contributed by atoms with Crippen LogP contribution in [0.3, 0.4) is 0 Å². The zero-order valence-corrected chi connectivity index (χ0v) is 13.1. The smallest absolute Gasteiger partial charge is 0.119 e. The van der Waals surface area contributed by atoms with Crippen molar-refractivity contribution in [1.82, 2.24) is 5.32 Å². The molecule has 0 saturated carbocycles. The van der Waals surface area contributed by atoms with Crippen LogP contribution in [0.15, 0.2) is 18.2 Å². The van der Waals surface area contributed by atoms with Crippen molar-refractivity contribution in [1.29, 1.82) is 0 Å². The Kier molecular flexibility index (Phi) is 5.44. The Morgan fingerprint density at radius 3 is 2.75 bits per heavy atom. The van der Waals surface area contributed by atoms with Gasteiger partial charge in [-0.15, -0.1) is 0 Å². The van der Waals surface area contributed by atoms with Gasteiger partial charge in [0.2, 0.25) is 0 Å². The molecule has 3 unspecified atom stereocenters. The summed E-state index contributed by atoms with van der Waals surface area (Å²) < 4.78 is 11.4. The van der Waals surface area contributed by atoms with Gasteiger partial charge in [-0.1, -0.05) is 13.0 Å². The lowest BCUT2D eigenvalue weighted by Gasteiger charge is -2.27. The summed E-state index contributed by atoms with van der Waals surface area (Å²) in [5.74, 6) is 0.918. The summed E-state index contributed by atoms with van der Waals surface area (Å²) in [6.45, 7) is 7.53.